The van der Waals surface area contributed by atoms with Gasteiger partial charge in [0.2, 0.25) is 10.0 Å². The molecule has 21 heavy (non-hydrogen) atoms. The van der Waals surface area contributed by atoms with E-state index in [1.165, 1.54) is 17.2 Å². The van der Waals surface area contributed by atoms with Gasteiger partial charge in [-0.2, -0.15) is 5.10 Å². The van der Waals surface area contributed by atoms with Crippen molar-refractivity contribution in [2.75, 3.05) is 6.54 Å². The van der Waals surface area contributed by atoms with E-state index < -0.39 is 10.0 Å². The van der Waals surface area contributed by atoms with E-state index in [4.69, 9.17) is 0 Å². The van der Waals surface area contributed by atoms with Gasteiger partial charge in [0.15, 0.2) is 5.82 Å². The molecule has 2 rings (SSSR count). The smallest absolute Gasteiger partial charge is 0.242 e. The van der Waals surface area contributed by atoms with Crippen LogP contribution in [0.1, 0.15) is 24.9 Å². The maximum atomic E-state index is 12.1. The topological polar surface area (TPSA) is 105 Å². The molecule has 116 valence electrons. The molecule has 0 bridgehead atoms. The fourth-order valence-electron chi connectivity index (χ4n) is 1.78. The lowest BCUT2D eigenvalue weighted by Crippen LogP contribution is -2.23. The first-order chi connectivity index (χ1) is 10.0. The summed E-state index contributed by atoms with van der Waals surface area (Å²) in [6.45, 7) is 3.65. The van der Waals surface area contributed by atoms with Crippen molar-refractivity contribution in [1.82, 2.24) is 29.8 Å². The highest BCUT2D eigenvalue weighted by Crippen LogP contribution is 2.10. The Balaban J connectivity index is 1.95. The molecule has 2 heterocycles. The van der Waals surface area contributed by atoms with Crippen molar-refractivity contribution in [3.8, 4) is 0 Å². The third kappa shape index (κ3) is 4.38. The predicted molar refractivity (Wildman–Crippen MR) is 77.8 cm³/mol. The van der Waals surface area contributed by atoms with E-state index in [1.54, 1.807) is 13.1 Å². The molecule has 0 amide bonds. The average Bonchev–Trinajstić information content (AvgIpc) is 3.06. The molecule has 0 aliphatic heterocycles. The third-order valence-corrected chi connectivity index (χ3v) is 4.22. The van der Waals surface area contributed by atoms with Crippen molar-refractivity contribution >= 4 is 10.0 Å². The third-order valence-electron chi connectivity index (χ3n) is 2.84. The summed E-state index contributed by atoms with van der Waals surface area (Å²) < 4.78 is 28.3. The van der Waals surface area contributed by atoms with Crippen LogP contribution in [0.15, 0.2) is 23.5 Å². The summed E-state index contributed by atoms with van der Waals surface area (Å²) in [5.41, 5.74) is 0.833. The van der Waals surface area contributed by atoms with E-state index in [9.17, 15) is 8.42 Å². The standard InChI is InChI=1S/C12H20N6O2S/c1-3-4-13-6-10-5-11(7-14-10)21(19,20)16-8-12-15-9-18(2)17-12/h5,7,9,13-14,16H,3-4,6,8H2,1-2H3. The van der Waals surface area contributed by atoms with Crippen molar-refractivity contribution in [3.05, 3.63) is 30.1 Å². The molecule has 9 heteroatoms. The van der Waals surface area contributed by atoms with Crippen LogP contribution >= 0.6 is 0 Å². The van der Waals surface area contributed by atoms with Crippen molar-refractivity contribution < 1.29 is 8.42 Å². The molecule has 0 fully saturated rings. The number of sulfonamides is 1. The predicted octanol–water partition coefficient (Wildman–Crippen LogP) is 0.121. The maximum Gasteiger partial charge on any atom is 0.242 e. The molecule has 0 saturated carbocycles. The molecular weight excluding hydrogens is 292 g/mol. The number of aromatic nitrogens is 4. The molecule has 3 N–H and O–H groups in total. The Morgan fingerprint density at radius 2 is 2.19 bits per heavy atom. The Labute approximate surface area is 124 Å². The largest absolute Gasteiger partial charge is 0.363 e. The van der Waals surface area contributed by atoms with E-state index in [0.29, 0.717) is 12.4 Å². The number of hydrogen-bond donors (Lipinski definition) is 3. The lowest BCUT2D eigenvalue weighted by molar-refractivity contribution is 0.578. The Hall–Kier alpha value is -1.71. The zero-order valence-corrected chi connectivity index (χ0v) is 12.9. The van der Waals surface area contributed by atoms with Crippen LogP contribution in [0.3, 0.4) is 0 Å². The Morgan fingerprint density at radius 1 is 1.38 bits per heavy atom. The van der Waals surface area contributed by atoms with Crippen molar-refractivity contribution in [2.45, 2.75) is 31.3 Å². The molecule has 0 aliphatic rings. The van der Waals surface area contributed by atoms with Gasteiger partial charge in [0.05, 0.1) is 11.4 Å². The lowest BCUT2D eigenvalue weighted by Gasteiger charge is -2.02. The van der Waals surface area contributed by atoms with Crippen LogP contribution in [-0.4, -0.2) is 34.7 Å². The zero-order chi connectivity index (χ0) is 15.3. The van der Waals surface area contributed by atoms with E-state index in [2.05, 4.69) is 32.0 Å². The van der Waals surface area contributed by atoms with E-state index in [-0.39, 0.29) is 11.4 Å². The summed E-state index contributed by atoms with van der Waals surface area (Å²) in [4.78, 5) is 7.15. The van der Waals surface area contributed by atoms with Crippen LogP contribution in [0.5, 0.6) is 0 Å². The molecule has 8 nitrogen and oxygen atoms in total. The number of hydrogen-bond acceptors (Lipinski definition) is 5. The van der Waals surface area contributed by atoms with Crippen LogP contribution in [0.25, 0.3) is 0 Å². The number of H-pyrrole nitrogens is 1. The van der Waals surface area contributed by atoms with Gasteiger partial charge in [0, 0.05) is 25.5 Å². The maximum absolute atomic E-state index is 12.1. The number of nitrogens with one attached hydrogen (secondary N) is 3. The van der Waals surface area contributed by atoms with Gasteiger partial charge in [-0.05, 0) is 19.0 Å². The van der Waals surface area contributed by atoms with Gasteiger partial charge in [0.25, 0.3) is 0 Å². The van der Waals surface area contributed by atoms with Crippen molar-refractivity contribution in [2.24, 2.45) is 7.05 Å². The molecule has 2 aromatic heterocycles. The molecular formula is C12H20N6O2S. The molecule has 0 saturated heterocycles. The highest BCUT2D eigenvalue weighted by atomic mass is 32.2. The second-order valence-corrected chi connectivity index (χ2v) is 6.46. The SMILES string of the molecule is CCCNCc1cc(S(=O)(=O)NCc2ncn(C)n2)c[nH]1. The highest BCUT2D eigenvalue weighted by molar-refractivity contribution is 7.89. The zero-order valence-electron chi connectivity index (χ0n) is 12.1. The van der Waals surface area contributed by atoms with Gasteiger partial charge in [-0.25, -0.2) is 18.1 Å². The van der Waals surface area contributed by atoms with Gasteiger partial charge < -0.3 is 10.3 Å². The fraction of sp³-hybridized carbons (Fsp3) is 0.500. The molecule has 0 spiro atoms. The van der Waals surface area contributed by atoms with Crippen molar-refractivity contribution in [3.63, 3.8) is 0 Å². The number of nitrogens with zero attached hydrogens (tertiary/aromatic N) is 3. The quantitative estimate of drug-likeness (QED) is 0.601. The minimum Gasteiger partial charge on any atom is -0.363 e. The van der Waals surface area contributed by atoms with Gasteiger partial charge in [-0.15, -0.1) is 0 Å². The van der Waals surface area contributed by atoms with Crippen LogP contribution in [0.2, 0.25) is 0 Å². The Morgan fingerprint density at radius 3 is 2.86 bits per heavy atom. The molecule has 0 radical (unpaired) electrons. The monoisotopic (exact) mass is 312 g/mol. The number of aromatic amines is 1. The van der Waals surface area contributed by atoms with Gasteiger partial charge in [0.1, 0.15) is 6.33 Å². The van der Waals surface area contributed by atoms with Crippen molar-refractivity contribution in [1.29, 1.82) is 0 Å². The summed E-state index contributed by atoms with van der Waals surface area (Å²) >= 11 is 0. The van der Waals surface area contributed by atoms with Crippen LogP contribution in [0, 0.1) is 0 Å². The number of rotatable bonds is 8. The van der Waals surface area contributed by atoms with Crippen LogP contribution in [-0.2, 0) is 30.2 Å². The lowest BCUT2D eigenvalue weighted by atomic mass is 10.4. The van der Waals surface area contributed by atoms with Gasteiger partial charge >= 0.3 is 0 Å². The summed E-state index contributed by atoms with van der Waals surface area (Å²) in [6, 6.07) is 1.62. The Kier molecular flexibility index (Phi) is 5.10. The minimum absolute atomic E-state index is 0.0672. The van der Waals surface area contributed by atoms with E-state index in [1.807, 2.05) is 0 Å². The summed E-state index contributed by atoms with van der Waals surface area (Å²) in [7, 11) is -1.83. The first-order valence-electron chi connectivity index (χ1n) is 6.73. The molecule has 2 aromatic rings. The summed E-state index contributed by atoms with van der Waals surface area (Å²) in [5, 5.41) is 7.23. The molecule has 0 aliphatic carbocycles. The molecule has 0 unspecified atom stereocenters. The Bertz CT molecular complexity index is 675. The fourth-order valence-corrected chi connectivity index (χ4v) is 2.78. The van der Waals surface area contributed by atoms with Crippen LogP contribution < -0.4 is 10.0 Å². The van der Waals surface area contributed by atoms with E-state index >= 15 is 0 Å². The van der Waals surface area contributed by atoms with Crippen LogP contribution in [0.4, 0.5) is 0 Å². The van der Waals surface area contributed by atoms with E-state index in [0.717, 1.165) is 18.7 Å². The highest BCUT2D eigenvalue weighted by Gasteiger charge is 2.16. The van der Waals surface area contributed by atoms with Gasteiger partial charge in [-0.1, -0.05) is 6.92 Å². The molecule has 0 aromatic carbocycles. The second kappa shape index (κ2) is 6.83. The first-order valence-corrected chi connectivity index (χ1v) is 8.22. The summed E-state index contributed by atoms with van der Waals surface area (Å²) in [6.07, 6.45) is 4.04. The minimum atomic E-state index is -3.56. The second-order valence-electron chi connectivity index (χ2n) is 4.70. The average molecular weight is 312 g/mol. The normalized spacial score (nSPS) is 11.9. The number of aryl methyl sites for hydroxylation is 1. The summed E-state index contributed by atoms with van der Waals surface area (Å²) in [5.74, 6) is 0.432. The molecule has 0 atom stereocenters. The first kappa shape index (κ1) is 15.7. The van der Waals surface area contributed by atoms with Gasteiger partial charge in [-0.3, -0.25) is 4.68 Å².